The number of ketones is 1. The standard InChI is InChI=1S/C25H18FNO5/c1-32-25(31)17-9-13-19(14-10-17)27-21(15-5-3-2-4-6-15)20(23(29)24(27)30)22(28)16-7-11-18(26)12-8-16/h2-14,21,28H,1H3/b22-20+. The summed E-state index contributed by atoms with van der Waals surface area (Å²) in [7, 11) is 1.26. The zero-order chi connectivity index (χ0) is 22.8. The summed E-state index contributed by atoms with van der Waals surface area (Å²) in [5.74, 6) is -3.11. The SMILES string of the molecule is COC(=O)c1ccc(N2C(=O)C(=O)/C(=C(/O)c3ccc(F)cc3)C2c2ccccc2)cc1. The number of amides is 1. The zero-order valence-corrected chi connectivity index (χ0v) is 17.0. The van der Waals surface area contributed by atoms with Crippen LogP contribution in [-0.4, -0.2) is 29.9 Å². The van der Waals surface area contributed by atoms with Gasteiger partial charge in [-0.2, -0.15) is 0 Å². The van der Waals surface area contributed by atoms with Crippen molar-refractivity contribution < 1.29 is 28.6 Å². The predicted octanol–water partition coefficient (Wildman–Crippen LogP) is 4.24. The molecular formula is C25H18FNO5. The summed E-state index contributed by atoms with van der Waals surface area (Å²) in [5.41, 5.74) is 1.37. The molecule has 7 heteroatoms. The second-order valence-electron chi connectivity index (χ2n) is 7.13. The molecule has 1 saturated heterocycles. The number of anilines is 1. The number of ether oxygens (including phenoxy) is 1. The van der Waals surface area contributed by atoms with Crippen molar-refractivity contribution in [3.8, 4) is 0 Å². The predicted molar refractivity (Wildman–Crippen MR) is 115 cm³/mol. The number of rotatable bonds is 4. The van der Waals surface area contributed by atoms with Gasteiger partial charge in [-0.25, -0.2) is 9.18 Å². The fourth-order valence-corrected chi connectivity index (χ4v) is 3.69. The number of nitrogens with zero attached hydrogens (tertiary/aromatic N) is 1. The van der Waals surface area contributed by atoms with E-state index in [0.717, 1.165) is 12.1 Å². The number of hydrogen-bond donors (Lipinski definition) is 1. The Morgan fingerprint density at radius 3 is 2.09 bits per heavy atom. The maximum absolute atomic E-state index is 13.3. The molecule has 3 aromatic carbocycles. The number of aliphatic hydroxyl groups excluding tert-OH is 1. The van der Waals surface area contributed by atoms with Gasteiger partial charge in [-0.3, -0.25) is 14.5 Å². The van der Waals surface area contributed by atoms with Crippen LogP contribution in [0.2, 0.25) is 0 Å². The number of benzene rings is 3. The maximum atomic E-state index is 13.3. The second kappa shape index (κ2) is 8.47. The van der Waals surface area contributed by atoms with E-state index >= 15 is 0 Å². The van der Waals surface area contributed by atoms with E-state index < -0.39 is 35.3 Å². The minimum atomic E-state index is -0.912. The lowest BCUT2D eigenvalue weighted by Gasteiger charge is -2.25. The highest BCUT2D eigenvalue weighted by molar-refractivity contribution is 6.51. The van der Waals surface area contributed by atoms with Crippen molar-refractivity contribution in [2.24, 2.45) is 0 Å². The van der Waals surface area contributed by atoms with Crippen LogP contribution in [0.1, 0.15) is 27.5 Å². The Hall–Kier alpha value is -4.26. The van der Waals surface area contributed by atoms with Crippen molar-refractivity contribution in [1.82, 2.24) is 0 Å². The van der Waals surface area contributed by atoms with Gasteiger partial charge in [-0.15, -0.1) is 0 Å². The molecule has 0 aliphatic carbocycles. The van der Waals surface area contributed by atoms with Crippen molar-refractivity contribution in [2.45, 2.75) is 6.04 Å². The lowest BCUT2D eigenvalue weighted by atomic mass is 9.95. The molecule has 1 unspecified atom stereocenters. The van der Waals surface area contributed by atoms with E-state index in [4.69, 9.17) is 4.74 Å². The van der Waals surface area contributed by atoms with Crippen LogP contribution in [0.3, 0.4) is 0 Å². The van der Waals surface area contributed by atoms with E-state index in [2.05, 4.69) is 0 Å². The first-order chi connectivity index (χ1) is 15.4. The molecule has 1 aliphatic heterocycles. The molecule has 32 heavy (non-hydrogen) atoms. The Bertz CT molecular complexity index is 1220. The molecule has 1 amide bonds. The molecular weight excluding hydrogens is 413 g/mol. The zero-order valence-electron chi connectivity index (χ0n) is 17.0. The molecule has 0 bridgehead atoms. The number of carbonyl (C=O) groups is 3. The molecule has 1 heterocycles. The normalized spacial score (nSPS) is 17.4. The quantitative estimate of drug-likeness (QED) is 0.289. The van der Waals surface area contributed by atoms with E-state index in [0.29, 0.717) is 11.3 Å². The minimum absolute atomic E-state index is 0.107. The number of carbonyl (C=O) groups excluding carboxylic acids is 3. The van der Waals surface area contributed by atoms with Crippen molar-refractivity contribution in [3.63, 3.8) is 0 Å². The van der Waals surface area contributed by atoms with E-state index in [9.17, 15) is 23.9 Å². The van der Waals surface area contributed by atoms with Crippen molar-refractivity contribution in [2.75, 3.05) is 12.0 Å². The third-order valence-electron chi connectivity index (χ3n) is 5.24. The van der Waals surface area contributed by atoms with Gasteiger partial charge in [-0.05, 0) is 54.1 Å². The van der Waals surface area contributed by atoms with E-state index in [1.807, 2.05) is 0 Å². The fourth-order valence-electron chi connectivity index (χ4n) is 3.69. The smallest absolute Gasteiger partial charge is 0.337 e. The molecule has 0 aromatic heterocycles. The highest BCUT2D eigenvalue weighted by Gasteiger charge is 2.46. The van der Waals surface area contributed by atoms with E-state index in [1.165, 1.54) is 48.4 Å². The van der Waals surface area contributed by atoms with Crippen LogP contribution in [0.15, 0.2) is 84.4 Å². The summed E-state index contributed by atoms with van der Waals surface area (Å²) in [5, 5.41) is 10.9. The van der Waals surface area contributed by atoms with Gasteiger partial charge in [-0.1, -0.05) is 30.3 Å². The van der Waals surface area contributed by atoms with Crippen LogP contribution in [0.25, 0.3) is 5.76 Å². The lowest BCUT2D eigenvalue weighted by Crippen LogP contribution is -2.29. The van der Waals surface area contributed by atoms with Crippen molar-refractivity contribution in [3.05, 3.63) is 107 Å². The number of Topliss-reactive ketones (excluding diaryl/α,β-unsaturated/α-hetero) is 1. The average Bonchev–Trinajstić information content (AvgIpc) is 3.09. The van der Waals surface area contributed by atoms with Crippen LogP contribution in [0.4, 0.5) is 10.1 Å². The number of esters is 1. The molecule has 0 radical (unpaired) electrons. The third kappa shape index (κ3) is 3.65. The number of methoxy groups -OCH3 is 1. The summed E-state index contributed by atoms with van der Waals surface area (Å²) in [6.45, 7) is 0. The van der Waals surface area contributed by atoms with Gasteiger partial charge in [0.25, 0.3) is 11.7 Å². The highest BCUT2D eigenvalue weighted by Crippen LogP contribution is 2.42. The molecule has 3 aromatic rings. The first-order valence-corrected chi connectivity index (χ1v) is 9.72. The maximum Gasteiger partial charge on any atom is 0.337 e. The monoisotopic (exact) mass is 431 g/mol. The average molecular weight is 431 g/mol. The molecule has 0 saturated carbocycles. The van der Waals surface area contributed by atoms with Crippen molar-refractivity contribution >= 4 is 29.1 Å². The molecule has 1 N–H and O–H groups in total. The summed E-state index contributed by atoms with van der Waals surface area (Å²) in [4.78, 5) is 39.1. The van der Waals surface area contributed by atoms with E-state index in [1.54, 1.807) is 30.3 Å². The minimum Gasteiger partial charge on any atom is -0.507 e. The van der Waals surface area contributed by atoms with Gasteiger partial charge in [0.05, 0.1) is 24.3 Å². The fraction of sp³-hybridized carbons (Fsp3) is 0.0800. The Balaban J connectivity index is 1.87. The summed E-state index contributed by atoms with van der Waals surface area (Å²) in [6, 6.07) is 18.9. The topological polar surface area (TPSA) is 83.9 Å². The van der Waals surface area contributed by atoms with Gasteiger partial charge in [0, 0.05) is 11.3 Å². The first kappa shape index (κ1) is 21.0. The summed E-state index contributed by atoms with van der Waals surface area (Å²) >= 11 is 0. The molecule has 1 atom stereocenters. The lowest BCUT2D eigenvalue weighted by molar-refractivity contribution is -0.132. The van der Waals surface area contributed by atoms with Gasteiger partial charge >= 0.3 is 5.97 Å². The van der Waals surface area contributed by atoms with Crippen LogP contribution >= 0.6 is 0 Å². The Morgan fingerprint density at radius 2 is 1.50 bits per heavy atom. The van der Waals surface area contributed by atoms with Crippen LogP contribution in [-0.2, 0) is 14.3 Å². The third-order valence-corrected chi connectivity index (χ3v) is 5.24. The van der Waals surface area contributed by atoms with Crippen molar-refractivity contribution in [1.29, 1.82) is 0 Å². The molecule has 0 spiro atoms. The van der Waals surface area contributed by atoms with Gasteiger partial charge in [0.1, 0.15) is 11.6 Å². The second-order valence-corrected chi connectivity index (χ2v) is 7.13. The molecule has 1 aliphatic rings. The van der Waals surface area contributed by atoms with Gasteiger partial charge < -0.3 is 9.84 Å². The number of aliphatic hydroxyl groups is 1. The summed E-state index contributed by atoms with van der Waals surface area (Å²) in [6.07, 6.45) is 0. The first-order valence-electron chi connectivity index (χ1n) is 9.72. The van der Waals surface area contributed by atoms with Crippen LogP contribution in [0, 0.1) is 5.82 Å². The Morgan fingerprint density at radius 1 is 0.906 bits per heavy atom. The summed E-state index contributed by atoms with van der Waals surface area (Å²) < 4.78 is 18.0. The van der Waals surface area contributed by atoms with Gasteiger partial charge in [0.15, 0.2) is 0 Å². The number of halogens is 1. The molecule has 160 valence electrons. The Labute approximate surface area is 183 Å². The van der Waals surface area contributed by atoms with Crippen LogP contribution < -0.4 is 4.90 Å². The highest BCUT2D eigenvalue weighted by atomic mass is 19.1. The van der Waals surface area contributed by atoms with Crippen LogP contribution in [0.5, 0.6) is 0 Å². The molecule has 6 nitrogen and oxygen atoms in total. The molecule has 1 fully saturated rings. The van der Waals surface area contributed by atoms with Gasteiger partial charge in [0.2, 0.25) is 0 Å². The number of hydrogen-bond acceptors (Lipinski definition) is 5. The largest absolute Gasteiger partial charge is 0.507 e. The molecule has 4 rings (SSSR count). The Kier molecular flexibility index (Phi) is 5.55. The van der Waals surface area contributed by atoms with E-state index in [-0.39, 0.29) is 16.7 Å².